The summed E-state index contributed by atoms with van der Waals surface area (Å²) in [7, 11) is 0. The van der Waals surface area contributed by atoms with Crippen LogP contribution in [0.15, 0.2) is 41.1 Å². The number of Topliss-reactive ketones (excluding diaryl/α,β-unsaturated/α-hetero) is 1. The van der Waals surface area contributed by atoms with Gasteiger partial charge in [0.1, 0.15) is 0 Å². The van der Waals surface area contributed by atoms with Gasteiger partial charge in [0.05, 0.1) is 0 Å². The van der Waals surface area contributed by atoms with Crippen molar-refractivity contribution >= 4 is 17.1 Å². The number of hydrogen-bond acceptors (Lipinski definition) is 2. The van der Waals surface area contributed by atoms with E-state index in [-0.39, 0.29) is 11.7 Å². The predicted octanol–water partition coefficient (Wildman–Crippen LogP) is 5.28. The van der Waals surface area contributed by atoms with Crippen molar-refractivity contribution in [3.63, 3.8) is 0 Å². The van der Waals surface area contributed by atoms with Crippen molar-refractivity contribution in [2.75, 3.05) is 0 Å². The maximum absolute atomic E-state index is 11.7. The topological polar surface area (TPSA) is 17.1 Å². The van der Waals surface area contributed by atoms with Crippen LogP contribution in [-0.2, 0) is 0 Å². The normalized spacial score (nSPS) is 9.83. The van der Waals surface area contributed by atoms with Gasteiger partial charge >= 0.3 is 0 Å². The third-order valence-corrected chi connectivity index (χ3v) is 3.23. The van der Waals surface area contributed by atoms with Crippen molar-refractivity contribution < 1.29 is 4.79 Å². The molecule has 0 aliphatic carbocycles. The maximum atomic E-state index is 11.7. The molecule has 2 rings (SSSR count). The summed E-state index contributed by atoms with van der Waals surface area (Å²) in [4.78, 5) is 11.7. The fourth-order valence-corrected chi connectivity index (χ4v) is 2.25. The zero-order valence-electron chi connectivity index (χ0n) is 11.4. The molecule has 0 atom stereocenters. The van der Waals surface area contributed by atoms with E-state index in [0.717, 1.165) is 5.56 Å². The number of benzene rings is 1. The van der Waals surface area contributed by atoms with Gasteiger partial charge in [-0.1, -0.05) is 52.0 Å². The van der Waals surface area contributed by atoms with Gasteiger partial charge in [-0.05, 0) is 28.0 Å². The van der Waals surface area contributed by atoms with Crippen molar-refractivity contribution in [3.8, 4) is 11.1 Å². The molecular weight excluding hydrogens is 240 g/mol. The van der Waals surface area contributed by atoms with Gasteiger partial charge in [0.15, 0.2) is 5.78 Å². The van der Waals surface area contributed by atoms with E-state index in [9.17, 15) is 4.79 Å². The molecule has 0 aliphatic heterocycles. The third kappa shape index (κ3) is 3.54. The van der Waals surface area contributed by atoms with E-state index in [1.807, 2.05) is 52.0 Å². The largest absolute Gasteiger partial charge is 0.294 e. The Morgan fingerprint density at radius 2 is 1.61 bits per heavy atom. The summed E-state index contributed by atoms with van der Waals surface area (Å²) in [5.41, 5.74) is 3.18. The SMILES string of the molecule is CC.CC(C)C(=O)c1ccc(-c2ccsc2)cc1. The van der Waals surface area contributed by atoms with Crippen LogP contribution >= 0.6 is 11.3 Å². The molecule has 96 valence electrons. The van der Waals surface area contributed by atoms with Crippen LogP contribution in [0.4, 0.5) is 0 Å². The summed E-state index contributed by atoms with van der Waals surface area (Å²) < 4.78 is 0. The molecule has 0 fully saturated rings. The lowest BCUT2D eigenvalue weighted by Gasteiger charge is -2.04. The van der Waals surface area contributed by atoms with Gasteiger partial charge in [0.2, 0.25) is 0 Å². The van der Waals surface area contributed by atoms with Gasteiger partial charge in [-0.3, -0.25) is 4.79 Å². The second kappa shape index (κ2) is 7.12. The lowest BCUT2D eigenvalue weighted by atomic mass is 9.99. The highest BCUT2D eigenvalue weighted by Gasteiger charge is 2.09. The number of thiophene rings is 1. The summed E-state index contributed by atoms with van der Waals surface area (Å²) in [5.74, 6) is 0.267. The lowest BCUT2D eigenvalue weighted by molar-refractivity contribution is 0.0939. The fraction of sp³-hybridized carbons (Fsp3) is 0.312. The first-order valence-electron chi connectivity index (χ1n) is 6.35. The number of carbonyl (C=O) groups excluding carboxylic acids is 1. The zero-order valence-corrected chi connectivity index (χ0v) is 12.3. The second-order valence-electron chi connectivity index (χ2n) is 4.11. The van der Waals surface area contributed by atoms with E-state index < -0.39 is 0 Å². The van der Waals surface area contributed by atoms with Gasteiger partial charge in [-0.25, -0.2) is 0 Å². The maximum Gasteiger partial charge on any atom is 0.165 e. The Balaban J connectivity index is 0.000000771. The van der Waals surface area contributed by atoms with Crippen LogP contribution in [0.3, 0.4) is 0 Å². The van der Waals surface area contributed by atoms with Crippen LogP contribution in [0, 0.1) is 5.92 Å². The molecule has 0 bridgehead atoms. The molecule has 0 N–H and O–H groups in total. The Morgan fingerprint density at radius 3 is 2.06 bits per heavy atom. The molecule has 0 amide bonds. The van der Waals surface area contributed by atoms with E-state index in [1.165, 1.54) is 11.1 Å². The molecule has 0 saturated heterocycles. The van der Waals surface area contributed by atoms with Crippen molar-refractivity contribution in [2.24, 2.45) is 5.92 Å². The van der Waals surface area contributed by atoms with E-state index in [4.69, 9.17) is 0 Å². The molecular formula is C16H20OS. The first kappa shape index (κ1) is 14.7. The van der Waals surface area contributed by atoms with Crippen molar-refractivity contribution in [3.05, 3.63) is 46.7 Å². The molecule has 0 radical (unpaired) electrons. The molecule has 2 heteroatoms. The Morgan fingerprint density at radius 1 is 1.00 bits per heavy atom. The fourth-order valence-electron chi connectivity index (χ4n) is 1.59. The smallest absolute Gasteiger partial charge is 0.165 e. The van der Waals surface area contributed by atoms with Crippen molar-refractivity contribution in [1.82, 2.24) is 0 Å². The molecule has 1 aromatic carbocycles. The molecule has 2 aromatic rings. The summed E-state index contributed by atoms with van der Waals surface area (Å²) in [6.45, 7) is 7.85. The predicted molar refractivity (Wildman–Crippen MR) is 80.3 cm³/mol. The molecule has 18 heavy (non-hydrogen) atoms. The van der Waals surface area contributed by atoms with Crippen LogP contribution < -0.4 is 0 Å². The molecule has 0 saturated carbocycles. The molecule has 0 spiro atoms. The highest BCUT2D eigenvalue weighted by molar-refractivity contribution is 7.08. The standard InChI is InChI=1S/C14H14OS.C2H6/c1-10(2)14(15)12-5-3-11(4-6-12)13-7-8-16-9-13;1-2/h3-10H,1-2H3;1-2H3. The van der Waals surface area contributed by atoms with E-state index in [1.54, 1.807) is 11.3 Å². The molecule has 1 aromatic heterocycles. The van der Waals surface area contributed by atoms with E-state index >= 15 is 0 Å². The number of hydrogen-bond donors (Lipinski definition) is 0. The van der Waals surface area contributed by atoms with Crippen molar-refractivity contribution in [2.45, 2.75) is 27.7 Å². The zero-order chi connectivity index (χ0) is 13.5. The van der Waals surface area contributed by atoms with Gasteiger partial charge in [-0.2, -0.15) is 11.3 Å². The van der Waals surface area contributed by atoms with Gasteiger partial charge < -0.3 is 0 Å². The van der Waals surface area contributed by atoms with Crippen LogP contribution in [0.2, 0.25) is 0 Å². The molecule has 0 aliphatic rings. The first-order chi connectivity index (χ1) is 8.68. The average molecular weight is 260 g/mol. The first-order valence-corrected chi connectivity index (χ1v) is 7.29. The average Bonchev–Trinajstić information content (AvgIpc) is 2.94. The van der Waals surface area contributed by atoms with Crippen LogP contribution in [0.5, 0.6) is 0 Å². The Labute approximate surface area is 113 Å². The lowest BCUT2D eigenvalue weighted by Crippen LogP contribution is -2.06. The number of carbonyl (C=O) groups is 1. The summed E-state index contributed by atoms with van der Waals surface area (Å²) in [5, 5.41) is 4.17. The number of ketones is 1. The summed E-state index contributed by atoms with van der Waals surface area (Å²) in [6, 6.07) is 9.93. The van der Waals surface area contributed by atoms with E-state index in [2.05, 4.69) is 16.8 Å². The Hall–Kier alpha value is -1.41. The highest BCUT2D eigenvalue weighted by Crippen LogP contribution is 2.22. The number of rotatable bonds is 3. The van der Waals surface area contributed by atoms with Crippen LogP contribution in [0.1, 0.15) is 38.1 Å². The highest BCUT2D eigenvalue weighted by atomic mass is 32.1. The van der Waals surface area contributed by atoms with Gasteiger partial charge in [0, 0.05) is 11.5 Å². The van der Waals surface area contributed by atoms with Gasteiger partial charge in [0.25, 0.3) is 0 Å². The van der Waals surface area contributed by atoms with Crippen LogP contribution in [0.25, 0.3) is 11.1 Å². The van der Waals surface area contributed by atoms with Crippen LogP contribution in [-0.4, -0.2) is 5.78 Å². The summed E-state index contributed by atoms with van der Waals surface area (Å²) >= 11 is 1.68. The quantitative estimate of drug-likeness (QED) is 0.686. The minimum atomic E-state index is 0.0620. The minimum absolute atomic E-state index is 0.0620. The third-order valence-electron chi connectivity index (χ3n) is 2.55. The molecule has 0 unspecified atom stereocenters. The summed E-state index contributed by atoms with van der Waals surface area (Å²) in [6.07, 6.45) is 0. The van der Waals surface area contributed by atoms with Gasteiger partial charge in [-0.15, -0.1) is 0 Å². The Kier molecular flexibility index (Phi) is 5.79. The monoisotopic (exact) mass is 260 g/mol. The molecule has 1 heterocycles. The second-order valence-corrected chi connectivity index (χ2v) is 4.89. The van der Waals surface area contributed by atoms with Crippen molar-refractivity contribution in [1.29, 1.82) is 0 Å². The molecule has 1 nitrogen and oxygen atoms in total. The minimum Gasteiger partial charge on any atom is -0.294 e. The van der Waals surface area contributed by atoms with E-state index in [0.29, 0.717) is 0 Å². The Bertz CT molecular complexity index is 466.